The molecule has 0 atom stereocenters. The monoisotopic (exact) mass is 532 g/mol. The maximum absolute atomic E-state index is 10.8. The molecule has 30 heavy (non-hydrogen) atoms. The molecule has 0 amide bonds. The van der Waals surface area contributed by atoms with Crippen LogP contribution < -0.4 is 4.74 Å². The van der Waals surface area contributed by atoms with Crippen LogP contribution in [0.25, 0.3) is 5.57 Å². The van der Waals surface area contributed by atoms with Crippen LogP contribution in [0.15, 0.2) is 72.8 Å². The molecule has 3 aromatic carbocycles. The Kier molecular flexibility index (Phi) is 7.94. The highest BCUT2D eigenvalue weighted by molar-refractivity contribution is 14.1. The SMILES string of the molecule is Cc1cc(OC/C=C(/c2ccc(Cl)cc2)c2ccc(I)cc2)ccc1CCC(=O)O. The molecule has 3 aromatic rings. The summed E-state index contributed by atoms with van der Waals surface area (Å²) in [5.74, 6) is -0.0221. The van der Waals surface area contributed by atoms with E-state index in [9.17, 15) is 4.79 Å². The number of aryl methyl sites for hydroxylation is 2. The molecule has 0 spiro atoms. The standard InChI is InChI=1S/C25H22ClIO3/c1-17-16-23(12-6-18(17)7-13-25(28)29)30-15-14-24(19-2-8-21(26)9-3-19)20-4-10-22(27)11-5-20/h2-6,8-12,14,16H,7,13,15H2,1H3,(H,28,29)/b24-14-. The first kappa shape index (κ1) is 22.4. The number of hydrogen-bond acceptors (Lipinski definition) is 2. The number of carboxylic acids is 1. The minimum absolute atomic E-state index is 0.129. The predicted octanol–water partition coefficient (Wildman–Crippen LogP) is 6.78. The van der Waals surface area contributed by atoms with Crippen LogP contribution in [-0.2, 0) is 11.2 Å². The summed E-state index contributed by atoms with van der Waals surface area (Å²) in [6, 6.07) is 21.9. The first-order valence-electron chi connectivity index (χ1n) is 9.58. The zero-order valence-corrected chi connectivity index (χ0v) is 19.5. The number of aliphatic carboxylic acids is 1. The lowest BCUT2D eigenvalue weighted by atomic mass is 9.98. The lowest BCUT2D eigenvalue weighted by Crippen LogP contribution is -2.00. The van der Waals surface area contributed by atoms with Gasteiger partial charge in [0.25, 0.3) is 0 Å². The average molecular weight is 533 g/mol. The van der Waals surface area contributed by atoms with Crippen molar-refractivity contribution >= 4 is 45.7 Å². The third kappa shape index (κ3) is 6.34. The quantitative estimate of drug-likeness (QED) is 0.325. The van der Waals surface area contributed by atoms with Crippen LogP contribution in [0.3, 0.4) is 0 Å². The van der Waals surface area contributed by atoms with Gasteiger partial charge in [-0.05, 0) is 106 Å². The fourth-order valence-electron chi connectivity index (χ4n) is 3.16. The molecular formula is C25H22ClIO3. The Balaban J connectivity index is 1.77. The second kappa shape index (κ2) is 10.6. The van der Waals surface area contributed by atoms with Gasteiger partial charge < -0.3 is 9.84 Å². The Morgan fingerprint density at radius 1 is 1.03 bits per heavy atom. The van der Waals surface area contributed by atoms with Crippen LogP contribution in [0, 0.1) is 10.5 Å². The van der Waals surface area contributed by atoms with Crippen molar-refractivity contribution in [2.45, 2.75) is 19.8 Å². The number of benzene rings is 3. The van der Waals surface area contributed by atoms with Crippen molar-refractivity contribution in [3.8, 4) is 5.75 Å². The Hall–Kier alpha value is -2.31. The van der Waals surface area contributed by atoms with E-state index in [1.807, 2.05) is 49.4 Å². The summed E-state index contributed by atoms with van der Waals surface area (Å²) in [4.78, 5) is 10.8. The number of halogens is 2. The number of ether oxygens (including phenoxy) is 1. The first-order chi connectivity index (χ1) is 14.4. The molecule has 5 heteroatoms. The van der Waals surface area contributed by atoms with E-state index < -0.39 is 5.97 Å². The van der Waals surface area contributed by atoms with E-state index in [4.69, 9.17) is 21.4 Å². The highest BCUT2D eigenvalue weighted by Crippen LogP contribution is 2.26. The van der Waals surface area contributed by atoms with E-state index in [2.05, 4.69) is 52.9 Å². The van der Waals surface area contributed by atoms with Crippen LogP contribution in [0.5, 0.6) is 5.75 Å². The smallest absolute Gasteiger partial charge is 0.303 e. The number of hydrogen-bond donors (Lipinski definition) is 1. The topological polar surface area (TPSA) is 46.5 Å². The third-order valence-electron chi connectivity index (χ3n) is 4.77. The van der Waals surface area contributed by atoms with E-state index in [1.165, 1.54) is 3.57 Å². The Labute approximate surface area is 195 Å². The molecule has 0 aromatic heterocycles. The largest absolute Gasteiger partial charge is 0.490 e. The van der Waals surface area contributed by atoms with Gasteiger partial charge in [-0.3, -0.25) is 4.79 Å². The predicted molar refractivity (Wildman–Crippen MR) is 130 cm³/mol. The van der Waals surface area contributed by atoms with Gasteiger partial charge in [-0.2, -0.15) is 0 Å². The minimum Gasteiger partial charge on any atom is -0.490 e. The zero-order chi connectivity index (χ0) is 21.5. The number of carboxylic acid groups (broad SMARTS) is 1. The summed E-state index contributed by atoms with van der Waals surface area (Å²) in [6.45, 7) is 2.39. The highest BCUT2D eigenvalue weighted by atomic mass is 127. The molecule has 154 valence electrons. The second-order valence-electron chi connectivity index (χ2n) is 6.92. The van der Waals surface area contributed by atoms with Crippen LogP contribution >= 0.6 is 34.2 Å². The molecular weight excluding hydrogens is 511 g/mol. The highest BCUT2D eigenvalue weighted by Gasteiger charge is 2.07. The molecule has 1 N–H and O–H groups in total. The number of carbonyl (C=O) groups is 1. The van der Waals surface area contributed by atoms with Crippen molar-refractivity contribution in [3.63, 3.8) is 0 Å². The molecule has 0 bridgehead atoms. The maximum atomic E-state index is 10.8. The van der Waals surface area contributed by atoms with Gasteiger partial charge in [0.15, 0.2) is 0 Å². The molecule has 0 aliphatic heterocycles. The second-order valence-corrected chi connectivity index (χ2v) is 8.61. The molecule has 0 radical (unpaired) electrons. The minimum atomic E-state index is -0.787. The Morgan fingerprint density at radius 3 is 2.27 bits per heavy atom. The van der Waals surface area contributed by atoms with Gasteiger partial charge in [-0.25, -0.2) is 0 Å². The van der Waals surface area contributed by atoms with Gasteiger partial charge in [0.05, 0.1) is 0 Å². The summed E-state index contributed by atoms with van der Waals surface area (Å²) in [7, 11) is 0. The van der Waals surface area contributed by atoms with Crippen molar-refractivity contribution < 1.29 is 14.6 Å². The van der Waals surface area contributed by atoms with Crippen molar-refractivity contribution in [2.24, 2.45) is 0 Å². The average Bonchev–Trinajstić information content (AvgIpc) is 2.72. The normalized spacial score (nSPS) is 11.4. The molecule has 0 fully saturated rings. The molecule has 0 saturated heterocycles. The summed E-state index contributed by atoms with van der Waals surface area (Å²) in [5.41, 5.74) is 5.33. The van der Waals surface area contributed by atoms with E-state index in [0.29, 0.717) is 18.1 Å². The maximum Gasteiger partial charge on any atom is 0.303 e. The summed E-state index contributed by atoms with van der Waals surface area (Å²) < 4.78 is 7.15. The van der Waals surface area contributed by atoms with Crippen molar-refractivity contribution in [1.82, 2.24) is 0 Å². The fraction of sp³-hybridized carbons (Fsp3) is 0.160. The summed E-state index contributed by atoms with van der Waals surface area (Å²) in [5, 5.41) is 9.57. The zero-order valence-electron chi connectivity index (χ0n) is 16.6. The molecule has 0 aliphatic rings. The van der Waals surface area contributed by atoms with Gasteiger partial charge in [0.1, 0.15) is 12.4 Å². The van der Waals surface area contributed by atoms with Crippen LogP contribution in [0.4, 0.5) is 0 Å². The van der Waals surface area contributed by atoms with Crippen molar-refractivity contribution in [2.75, 3.05) is 6.61 Å². The summed E-state index contributed by atoms with van der Waals surface area (Å²) >= 11 is 8.35. The Bertz CT molecular complexity index is 993. The summed E-state index contributed by atoms with van der Waals surface area (Å²) in [6.07, 6.45) is 2.72. The molecule has 0 unspecified atom stereocenters. The molecule has 0 saturated carbocycles. The van der Waals surface area contributed by atoms with E-state index in [1.54, 1.807) is 0 Å². The Morgan fingerprint density at radius 2 is 1.67 bits per heavy atom. The van der Waals surface area contributed by atoms with Gasteiger partial charge >= 0.3 is 5.97 Å². The van der Waals surface area contributed by atoms with Gasteiger partial charge in [-0.15, -0.1) is 0 Å². The van der Waals surface area contributed by atoms with Crippen LogP contribution in [0.2, 0.25) is 5.02 Å². The van der Waals surface area contributed by atoms with Crippen LogP contribution in [0.1, 0.15) is 28.7 Å². The number of rotatable bonds is 8. The van der Waals surface area contributed by atoms with Gasteiger partial charge in [0.2, 0.25) is 0 Å². The van der Waals surface area contributed by atoms with E-state index in [0.717, 1.165) is 33.6 Å². The molecule has 3 rings (SSSR count). The van der Waals surface area contributed by atoms with Crippen molar-refractivity contribution in [1.29, 1.82) is 0 Å². The molecule has 0 aliphatic carbocycles. The van der Waals surface area contributed by atoms with Crippen molar-refractivity contribution in [3.05, 3.63) is 104 Å². The molecule has 3 nitrogen and oxygen atoms in total. The lowest BCUT2D eigenvalue weighted by molar-refractivity contribution is -0.136. The van der Waals surface area contributed by atoms with Gasteiger partial charge in [-0.1, -0.05) is 41.9 Å². The van der Waals surface area contributed by atoms with Gasteiger partial charge in [0, 0.05) is 15.0 Å². The molecule has 0 heterocycles. The van der Waals surface area contributed by atoms with Crippen LogP contribution in [-0.4, -0.2) is 17.7 Å². The van der Waals surface area contributed by atoms with E-state index >= 15 is 0 Å². The van der Waals surface area contributed by atoms with E-state index in [-0.39, 0.29) is 6.42 Å². The third-order valence-corrected chi connectivity index (χ3v) is 5.74. The fourth-order valence-corrected chi connectivity index (χ4v) is 3.65. The lowest BCUT2D eigenvalue weighted by Gasteiger charge is -2.12. The first-order valence-corrected chi connectivity index (χ1v) is 11.0.